The first-order valence-corrected chi connectivity index (χ1v) is 10.1. The minimum absolute atomic E-state index is 0.0234. The van der Waals surface area contributed by atoms with E-state index in [1.807, 2.05) is 18.2 Å². The van der Waals surface area contributed by atoms with Crippen LogP contribution in [0.3, 0.4) is 0 Å². The molecule has 0 unspecified atom stereocenters. The average Bonchev–Trinajstić information content (AvgIpc) is 3.23. The molecule has 0 saturated heterocycles. The van der Waals surface area contributed by atoms with Crippen molar-refractivity contribution in [3.63, 3.8) is 0 Å². The number of nitrogens with zero attached hydrogens (tertiary/aromatic N) is 1. The summed E-state index contributed by atoms with van der Waals surface area (Å²) in [6.07, 6.45) is 7.06. The van der Waals surface area contributed by atoms with Crippen molar-refractivity contribution in [1.82, 2.24) is 0 Å². The number of carbonyl (C=O) groups is 1. The third-order valence-electron chi connectivity index (χ3n) is 5.77. The number of rotatable bonds is 6. The normalized spacial score (nSPS) is 21.8. The van der Waals surface area contributed by atoms with Crippen LogP contribution in [0.1, 0.15) is 59.6 Å². The van der Waals surface area contributed by atoms with E-state index in [9.17, 15) is 14.9 Å². The summed E-state index contributed by atoms with van der Waals surface area (Å²) in [4.78, 5) is 23.2. The fourth-order valence-electron chi connectivity index (χ4n) is 4.28. The Kier molecular flexibility index (Phi) is 5.34. The predicted octanol–water partition coefficient (Wildman–Crippen LogP) is 5.38. The van der Waals surface area contributed by atoms with Crippen molar-refractivity contribution in [1.29, 1.82) is 0 Å². The highest BCUT2D eigenvalue weighted by atomic mass is 16.6. The van der Waals surface area contributed by atoms with Crippen LogP contribution in [0.5, 0.6) is 0 Å². The van der Waals surface area contributed by atoms with Gasteiger partial charge in [0.25, 0.3) is 5.69 Å². The topological polar surface area (TPSA) is 81.5 Å². The van der Waals surface area contributed by atoms with E-state index < -0.39 is 0 Å². The number of fused-ring (bicyclic) bond motifs is 3. The SMILES string of the molecule is CCCCOC(=O)c1ccc2c(c1)[C@H]1C=CC[C@@H]1[C@H](c1cccc([N+](=O)[O-])c1)N2. The number of unbranched alkanes of at least 4 members (excludes halogenated alkanes) is 1. The molecule has 0 saturated carbocycles. The van der Waals surface area contributed by atoms with Crippen LogP contribution in [-0.2, 0) is 4.74 Å². The number of ether oxygens (including phenoxy) is 1. The monoisotopic (exact) mass is 392 g/mol. The molecule has 6 nitrogen and oxygen atoms in total. The second-order valence-corrected chi connectivity index (χ2v) is 7.62. The van der Waals surface area contributed by atoms with Crippen LogP contribution in [0, 0.1) is 16.0 Å². The van der Waals surface area contributed by atoms with Crippen molar-refractivity contribution in [2.24, 2.45) is 5.92 Å². The lowest BCUT2D eigenvalue weighted by Crippen LogP contribution is -2.29. The Morgan fingerprint density at radius 3 is 2.93 bits per heavy atom. The van der Waals surface area contributed by atoms with Gasteiger partial charge in [0.1, 0.15) is 0 Å². The smallest absolute Gasteiger partial charge is 0.338 e. The number of carbonyl (C=O) groups excluding carboxylic acids is 1. The van der Waals surface area contributed by atoms with E-state index >= 15 is 0 Å². The third kappa shape index (κ3) is 3.75. The molecular weight excluding hydrogens is 368 g/mol. The summed E-state index contributed by atoms with van der Waals surface area (Å²) < 4.78 is 5.36. The van der Waals surface area contributed by atoms with E-state index in [1.54, 1.807) is 18.2 Å². The number of hydrogen-bond donors (Lipinski definition) is 1. The third-order valence-corrected chi connectivity index (χ3v) is 5.77. The number of hydrogen-bond acceptors (Lipinski definition) is 5. The van der Waals surface area contributed by atoms with Gasteiger partial charge in [-0.25, -0.2) is 4.79 Å². The highest BCUT2D eigenvalue weighted by Crippen LogP contribution is 2.50. The van der Waals surface area contributed by atoms with Gasteiger partial charge in [-0.2, -0.15) is 0 Å². The first-order chi connectivity index (χ1) is 14.1. The standard InChI is InChI=1S/C23H24N2O4/c1-2-3-12-29-23(26)16-10-11-21-20(14-16)18-8-5-9-19(18)22(24-21)15-6-4-7-17(13-15)25(27)28/h4-8,10-11,13-14,18-19,22,24H,2-3,9,12H2,1H3/t18-,19-,22-/m0/s1. The number of nitrogens with one attached hydrogen (secondary N) is 1. The lowest BCUT2D eigenvalue weighted by atomic mass is 9.76. The minimum atomic E-state index is -0.360. The average molecular weight is 392 g/mol. The molecule has 2 aromatic carbocycles. The summed E-state index contributed by atoms with van der Waals surface area (Å²) in [5.41, 5.74) is 3.61. The van der Waals surface area contributed by atoms with E-state index in [2.05, 4.69) is 24.4 Å². The Balaban J connectivity index is 1.63. The summed E-state index contributed by atoms with van der Waals surface area (Å²) >= 11 is 0. The van der Waals surface area contributed by atoms with Crippen molar-refractivity contribution < 1.29 is 14.5 Å². The quantitative estimate of drug-likeness (QED) is 0.235. The van der Waals surface area contributed by atoms with E-state index in [0.717, 1.165) is 36.1 Å². The van der Waals surface area contributed by atoms with Crippen LogP contribution in [0.4, 0.5) is 11.4 Å². The molecule has 29 heavy (non-hydrogen) atoms. The zero-order valence-electron chi connectivity index (χ0n) is 16.3. The van der Waals surface area contributed by atoms with Gasteiger partial charge < -0.3 is 10.1 Å². The van der Waals surface area contributed by atoms with E-state index in [-0.39, 0.29) is 34.5 Å². The van der Waals surface area contributed by atoms with Gasteiger partial charge in [0.05, 0.1) is 23.1 Å². The molecule has 6 heteroatoms. The van der Waals surface area contributed by atoms with Crippen molar-refractivity contribution >= 4 is 17.3 Å². The zero-order valence-corrected chi connectivity index (χ0v) is 16.3. The van der Waals surface area contributed by atoms with E-state index in [0.29, 0.717) is 12.2 Å². The molecule has 0 radical (unpaired) electrons. The Labute approximate surface area is 169 Å². The molecule has 2 aromatic rings. The first kappa shape index (κ1) is 19.2. The van der Waals surface area contributed by atoms with Gasteiger partial charge in [-0.05, 0) is 48.1 Å². The maximum atomic E-state index is 12.4. The number of nitro benzene ring substituents is 1. The highest BCUT2D eigenvalue weighted by molar-refractivity contribution is 5.90. The van der Waals surface area contributed by atoms with Crippen LogP contribution >= 0.6 is 0 Å². The molecule has 0 bridgehead atoms. The molecule has 3 atom stereocenters. The van der Waals surface area contributed by atoms with Crippen molar-refractivity contribution in [3.05, 3.63) is 81.4 Å². The number of esters is 1. The van der Waals surface area contributed by atoms with Gasteiger partial charge in [-0.15, -0.1) is 0 Å². The lowest BCUT2D eigenvalue weighted by molar-refractivity contribution is -0.384. The van der Waals surface area contributed by atoms with Gasteiger partial charge in [-0.3, -0.25) is 10.1 Å². The van der Waals surface area contributed by atoms with Crippen molar-refractivity contribution in [2.45, 2.75) is 38.1 Å². The molecule has 1 heterocycles. The second kappa shape index (κ2) is 8.07. The van der Waals surface area contributed by atoms with Gasteiger partial charge in [0, 0.05) is 23.7 Å². The number of non-ortho nitro benzene ring substituents is 1. The summed E-state index contributed by atoms with van der Waals surface area (Å²) in [5.74, 6) is 0.121. The van der Waals surface area contributed by atoms with Gasteiger partial charge in [0.2, 0.25) is 0 Å². The first-order valence-electron chi connectivity index (χ1n) is 10.1. The zero-order chi connectivity index (χ0) is 20.4. The molecule has 0 aromatic heterocycles. The van der Waals surface area contributed by atoms with Crippen LogP contribution < -0.4 is 5.32 Å². The summed E-state index contributed by atoms with van der Waals surface area (Å²) in [6.45, 7) is 2.49. The minimum Gasteiger partial charge on any atom is -0.462 e. The molecule has 1 aliphatic heterocycles. The molecule has 0 amide bonds. The second-order valence-electron chi connectivity index (χ2n) is 7.62. The van der Waals surface area contributed by atoms with Gasteiger partial charge in [0.15, 0.2) is 0 Å². The predicted molar refractivity (Wildman–Crippen MR) is 111 cm³/mol. The van der Waals surface area contributed by atoms with E-state index in [4.69, 9.17) is 4.74 Å². The molecule has 0 spiro atoms. The van der Waals surface area contributed by atoms with Crippen LogP contribution in [-0.4, -0.2) is 17.5 Å². The number of allylic oxidation sites excluding steroid dienone is 2. The molecule has 1 N–H and O–H groups in total. The van der Waals surface area contributed by atoms with Crippen molar-refractivity contribution in [2.75, 3.05) is 11.9 Å². The Bertz CT molecular complexity index is 969. The molecule has 4 rings (SSSR count). The Hall–Kier alpha value is -3.15. The van der Waals surface area contributed by atoms with Gasteiger partial charge in [-0.1, -0.05) is 37.6 Å². The Morgan fingerprint density at radius 1 is 1.28 bits per heavy atom. The maximum Gasteiger partial charge on any atom is 0.338 e. The van der Waals surface area contributed by atoms with E-state index in [1.165, 1.54) is 6.07 Å². The lowest BCUT2D eigenvalue weighted by Gasteiger charge is -2.37. The number of nitro groups is 1. The van der Waals surface area contributed by atoms with Gasteiger partial charge >= 0.3 is 5.97 Å². The summed E-state index contributed by atoms with van der Waals surface area (Å²) in [5, 5.41) is 14.7. The molecule has 0 fully saturated rings. The number of benzene rings is 2. The van der Waals surface area contributed by atoms with Crippen LogP contribution in [0.25, 0.3) is 0 Å². The fraction of sp³-hybridized carbons (Fsp3) is 0.348. The fourth-order valence-corrected chi connectivity index (χ4v) is 4.28. The molecule has 1 aliphatic carbocycles. The summed E-state index contributed by atoms with van der Waals surface area (Å²) in [6, 6.07) is 12.4. The molecular formula is C23H24N2O4. The molecule has 2 aliphatic rings. The summed E-state index contributed by atoms with van der Waals surface area (Å²) in [7, 11) is 0. The molecule has 150 valence electrons. The van der Waals surface area contributed by atoms with Crippen LogP contribution in [0.15, 0.2) is 54.6 Å². The Morgan fingerprint density at radius 2 is 2.14 bits per heavy atom. The maximum absolute atomic E-state index is 12.4. The largest absolute Gasteiger partial charge is 0.462 e. The highest BCUT2D eigenvalue weighted by Gasteiger charge is 2.38. The number of anilines is 1. The van der Waals surface area contributed by atoms with Crippen LogP contribution in [0.2, 0.25) is 0 Å². The van der Waals surface area contributed by atoms with Crippen molar-refractivity contribution in [3.8, 4) is 0 Å².